The maximum atomic E-state index is 13.1. The maximum Gasteiger partial charge on any atom is 0.308 e. The number of nitrogens with two attached hydrogens (primary N) is 1. The molecule has 1 aromatic heterocycles. The number of amides is 1. The van der Waals surface area contributed by atoms with Gasteiger partial charge in [0.05, 0.1) is 30.4 Å². The predicted molar refractivity (Wildman–Crippen MR) is 127 cm³/mol. The first-order chi connectivity index (χ1) is 15.0. The van der Waals surface area contributed by atoms with Crippen molar-refractivity contribution in [2.75, 3.05) is 4.90 Å². The average Bonchev–Trinajstić information content (AvgIpc) is 2.80. The molecule has 32 heavy (non-hydrogen) atoms. The highest BCUT2D eigenvalue weighted by Crippen LogP contribution is 2.22. The van der Waals surface area contributed by atoms with Gasteiger partial charge in [0.15, 0.2) is 0 Å². The van der Waals surface area contributed by atoms with Crippen LogP contribution in [-0.4, -0.2) is 28.9 Å². The zero-order valence-corrected chi connectivity index (χ0v) is 18.8. The Hall–Kier alpha value is -3.22. The quantitative estimate of drug-likeness (QED) is 0.496. The smallest absolute Gasteiger partial charge is 0.308 e. The fourth-order valence-corrected chi connectivity index (χ4v) is 3.36. The lowest BCUT2D eigenvalue weighted by molar-refractivity contribution is -0.145. The normalized spacial score (nSPS) is 12.2. The summed E-state index contributed by atoms with van der Waals surface area (Å²) in [6.45, 7) is 1.82. The van der Waals surface area contributed by atoms with Crippen LogP contribution in [0.25, 0.3) is 0 Å². The van der Waals surface area contributed by atoms with Crippen LogP contribution in [0.5, 0.6) is 0 Å². The van der Waals surface area contributed by atoms with E-state index in [1.54, 1.807) is 36.4 Å². The zero-order valence-electron chi connectivity index (χ0n) is 18.0. The van der Waals surface area contributed by atoms with Crippen LogP contribution in [0.3, 0.4) is 0 Å². The lowest BCUT2D eigenvalue weighted by Crippen LogP contribution is -2.49. The summed E-state index contributed by atoms with van der Waals surface area (Å²) in [6.07, 6.45) is 3.76. The molecule has 0 spiro atoms. The van der Waals surface area contributed by atoms with Crippen molar-refractivity contribution in [1.29, 1.82) is 0 Å². The number of rotatable bonds is 9. The summed E-state index contributed by atoms with van der Waals surface area (Å²) in [5, 5.41) is 0. The third-order valence-corrected chi connectivity index (χ3v) is 4.88. The van der Waals surface area contributed by atoms with Crippen LogP contribution >= 0.6 is 12.4 Å². The number of aromatic nitrogens is 1. The van der Waals surface area contributed by atoms with Crippen molar-refractivity contribution in [2.24, 2.45) is 5.73 Å². The van der Waals surface area contributed by atoms with E-state index in [9.17, 15) is 9.59 Å². The summed E-state index contributed by atoms with van der Waals surface area (Å²) in [6, 6.07) is 21.6. The first kappa shape index (κ1) is 25.0. The van der Waals surface area contributed by atoms with E-state index in [4.69, 9.17) is 10.5 Å². The molecule has 0 aliphatic heterocycles. The first-order valence-electron chi connectivity index (χ1n) is 10.3. The van der Waals surface area contributed by atoms with Crippen LogP contribution in [0.1, 0.15) is 24.5 Å². The van der Waals surface area contributed by atoms with E-state index in [2.05, 4.69) is 4.98 Å². The van der Waals surface area contributed by atoms with Crippen molar-refractivity contribution in [3.8, 4) is 0 Å². The second-order valence-corrected chi connectivity index (χ2v) is 7.40. The number of hydrogen-bond acceptors (Lipinski definition) is 5. The van der Waals surface area contributed by atoms with E-state index in [-0.39, 0.29) is 37.3 Å². The van der Waals surface area contributed by atoms with Crippen molar-refractivity contribution >= 4 is 30.0 Å². The molecule has 0 saturated heterocycles. The molecule has 0 saturated carbocycles. The number of pyridine rings is 1. The molecule has 1 amide bonds. The summed E-state index contributed by atoms with van der Waals surface area (Å²) in [4.78, 5) is 31.5. The highest BCUT2D eigenvalue weighted by atomic mass is 35.5. The van der Waals surface area contributed by atoms with Crippen LogP contribution in [-0.2, 0) is 27.4 Å². The molecule has 1 heterocycles. The van der Waals surface area contributed by atoms with Gasteiger partial charge in [-0.15, -0.1) is 12.4 Å². The molecule has 6 nitrogen and oxygen atoms in total. The van der Waals surface area contributed by atoms with E-state index < -0.39 is 12.1 Å². The Bertz CT molecular complexity index is 969. The average molecular weight is 454 g/mol. The van der Waals surface area contributed by atoms with E-state index in [1.165, 1.54) is 0 Å². The Morgan fingerprint density at radius 2 is 1.59 bits per heavy atom. The van der Waals surface area contributed by atoms with Gasteiger partial charge in [-0.25, -0.2) is 0 Å². The van der Waals surface area contributed by atoms with Crippen LogP contribution in [0.2, 0.25) is 0 Å². The highest BCUT2D eigenvalue weighted by Gasteiger charge is 2.30. The lowest BCUT2D eigenvalue weighted by atomic mass is 10.00. The van der Waals surface area contributed by atoms with Crippen molar-refractivity contribution in [3.63, 3.8) is 0 Å². The first-order valence-corrected chi connectivity index (χ1v) is 10.3. The van der Waals surface area contributed by atoms with Gasteiger partial charge in [0.25, 0.3) is 0 Å². The molecular formula is C25H28ClN3O3. The molecule has 2 N–H and O–H groups in total. The largest absolute Gasteiger partial charge is 0.461 e. The van der Waals surface area contributed by atoms with Crippen LogP contribution < -0.4 is 10.6 Å². The second-order valence-electron chi connectivity index (χ2n) is 7.40. The van der Waals surface area contributed by atoms with Gasteiger partial charge >= 0.3 is 5.97 Å². The van der Waals surface area contributed by atoms with Gasteiger partial charge in [-0.3, -0.25) is 14.6 Å². The van der Waals surface area contributed by atoms with Crippen LogP contribution in [0.4, 0.5) is 5.69 Å². The fourth-order valence-electron chi connectivity index (χ4n) is 3.36. The van der Waals surface area contributed by atoms with Gasteiger partial charge in [0.1, 0.15) is 6.61 Å². The van der Waals surface area contributed by atoms with Crippen LogP contribution in [0, 0.1) is 0 Å². The Morgan fingerprint density at radius 1 is 0.969 bits per heavy atom. The molecule has 0 fully saturated rings. The standard InChI is InChI=1S/C25H27N3O3.ClH/c1-19(26)25(30)28(22-13-8-14-27-17-22)23(15-20-9-4-2-5-10-20)16-24(29)31-18-21-11-6-3-7-12-21;/h2-14,17,19,23H,15-16,18,26H2,1H3;1H/t19-,23?;/m0./s1. The summed E-state index contributed by atoms with van der Waals surface area (Å²) in [7, 11) is 0. The summed E-state index contributed by atoms with van der Waals surface area (Å²) in [5.74, 6) is -0.652. The van der Waals surface area contributed by atoms with Crippen molar-refractivity contribution in [3.05, 3.63) is 96.3 Å². The topological polar surface area (TPSA) is 85.5 Å². The number of nitrogens with zero attached hydrogens (tertiary/aromatic N) is 2. The SMILES string of the molecule is C[C@H](N)C(=O)N(c1cccnc1)C(CC(=O)OCc1ccccc1)Cc1ccccc1.Cl. The molecule has 0 radical (unpaired) electrons. The Morgan fingerprint density at radius 3 is 2.16 bits per heavy atom. The summed E-state index contributed by atoms with van der Waals surface area (Å²) < 4.78 is 5.50. The molecule has 3 rings (SSSR count). The highest BCUT2D eigenvalue weighted by molar-refractivity contribution is 5.97. The van der Waals surface area contributed by atoms with Crippen molar-refractivity contribution in [1.82, 2.24) is 4.98 Å². The van der Waals surface area contributed by atoms with E-state index >= 15 is 0 Å². The van der Waals surface area contributed by atoms with E-state index in [1.807, 2.05) is 60.7 Å². The third-order valence-electron chi connectivity index (χ3n) is 4.88. The molecule has 3 aromatic rings. The minimum Gasteiger partial charge on any atom is -0.461 e. The number of esters is 1. The molecule has 0 aliphatic rings. The Labute approximate surface area is 194 Å². The Balaban J connectivity index is 0.00000363. The van der Waals surface area contributed by atoms with E-state index in [0.717, 1.165) is 11.1 Å². The molecule has 7 heteroatoms. The third kappa shape index (κ3) is 7.18. The zero-order chi connectivity index (χ0) is 22.1. The lowest BCUT2D eigenvalue weighted by Gasteiger charge is -2.32. The van der Waals surface area contributed by atoms with Crippen molar-refractivity contribution < 1.29 is 14.3 Å². The van der Waals surface area contributed by atoms with E-state index in [0.29, 0.717) is 12.1 Å². The molecule has 2 atom stereocenters. The number of hydrogen-bond donors (Lipinski definition) is 1. The summed E-state index contributed by atoms with van der Waals surface area (Å²) in [5.41, 5.74) is 8.46. The molecule has 0 bridgehead atoms. The minimum absolute atomic E-state index is 0. The number of carbonyl (C=O) groups excluding carboxylic acids is 2. The monoisotopic (exact) mass is 453 g/mol. The van der Waals surface area contributed by atoms with Gasteiger partial charge in [0.2, 0.25) is 5.91 Å². The molecule has 168 valence electrons. The molecular weight excluding hydrogens is 426 g/mol. The number of halogens is 1. The number of benzene rings is 2. The molecule has 2 aromatic carbocycles. The van der Waals surface area contributed by atoms with Gasteiger partial charge in [-0.2, -0.15) is 0 Å². The van der Waals surface area contributed by atoms with Crippen molar-refractivity contribution in [2.45, 2.75) is 38.5 Å². The van der Waals surface area contributed by atoms with Gasteiger partial charge in [-0.1, -0.05) is 60.7 Å². The predicted octanol–water partition coefficient (Wildman–Crippen LogP) is 3.93. The number of carbonyl (C=O) groups is 2. The number of ether oxygens (including phenoxy) is 1. The maximum absolute atomic E-state index is 13.1. The second kappa shape index (κ2) is 12.6. The van der Waals surface area contributed by atoms with Crippen LogP contribution in [0.15, 0.2) is 85.2 Å². The fraction of sp³-hybridized carbons (Fsp3) is 0.240. The molecule has 0 aliphatic carbocycles. The molecule has 1 unspecified atom stereocenters. The van der Waals surface area contributed by atoms with Gasteiger partial charge in [0, 0.05) is 6.20 Å². The Kier molecular flexibility index (Phi) is 9.85. The van der Waals surface area contributed by atoms with Gasteiger partial charge in [-0.05, 0) is 36.6 Å². The number of anilines is 1. The minimum atomic E-state index is -0.723. The summed E-state index contributed by atoms with van der Waals surface area (Å²) >= 11 is 0. The van der Waals surface area contributed by atoms with Gasteiger partial charge < -0.3 is 15.4 Å².